The minimum atomic E-state index is -3.85. The molecule has 266 valence electrons. The van der Waals surface area contributed by atoms with Gasteiger partial charge in [-0.3, -0.25) is 29.4 Å². The number of hydrogen-bond donors (Lipinski definition) is 3. The smallest absolute Gasteiger partial charge is 0.411 e. The number of allylic oxidation sites excluding steroid dienone is 1. The van der Waals surface area contributed by atoms with E-state index < -0.39 is 62.6 Å². The number of thioether (sulfide) groups is 1. The highest BCUT2D eigenvalue weighted by Gasteiger charge is 2.62. The van der Waals surface area contributed by atoms with Crippen molar-refractivity contribution in [3.8, 4) is 0 Å². The molecule has 1 aromatic carbocycles. The quantitative estimate of drug-likeness (QED) is 0.179. The first-order chi connectivity index (χ1) is 23.3. The van der Waals surface area contributed by atoms with Crippen molar-refractivity contribution in [2.45, 2.75) is 88.1 Å². The molecule has 1 aromatic rings. The average Bonchev–Trinajstić information content (AvgIpc) is 3.95. The Kier molecular flexibility index (Phi) is 11.3. The number of carbonyl (C=O) groups excluding carboxylic acids is 4. The molecule has 1 unspecified atom stereocenters. The van der Waals surface area contributed by atoms with Crippen LogP contribution >= 0.6 is 11.8 Å². The van der Waals surface area contributed by atoms with Gasteiger partial charge >= 0.3 is 6.09 Å². The Balaban J connectivity index is 1.31. The summed E-state index contributed by atoms with van der Waals surface area (Å²) in [6.07, 6.45) is 5.60. The van der Waals surface area contributed by atoms with E-state index in [1.165, 1.54) is 6.08 Å². The molecule has 0 spiro atoms. The van der Waals surface area contributed by atoms with Gasteiger partial charge in [-0.2, -0.15) is 0 Å². The highest BCUT2D eigenvalue weighted by Crippen LogP contribution is 2.46. The number of aliphatic imine (C=N–C) groups is 1. The predicted molar refractivity (Wildman–Crippen MR) is 191 cm³/mol. The number of ether oxygens (including phenoxy) is 1. The van der Waals surface area contributed by atoms with E-state index in [1.54, 1.807) is 23.7 Å². The number of rotatable bonds is 15. The van der Waals surface area contributed by atoms with Crippen molar-refractivity contribution in [1.29, 1.82) is 0 Å². The third-order valence-electron chi connectivity index (χ3n) is 9.66. The summed E-state index contributed by atoms with van der Waals surface area (Å²) in [5.74, 6) is -3.00. The topological polar surface area (TPSA) is 163 Å². The lowest BCUT2D eigenvalue weighted by Gasteiger charge is -2.26. The predicted octanol–water partition coefficient (Wildman–Crippen LogP) is 4.30. The molecule has 0 aromatic heterocycles. The Morgan fingerprint density at radius 1 is 1.14 bits per heavy atom. The summed E-state index contributed by atoms with van der Waals surface area (Å²) >= 11 is 1.62. The molecule has 1 aliphatic heterocycles. The van der Waals surface area contributed by atoms with Crippen LogP contribution in [-0.2, 0) is 29.1 Å². The molecule has 6 atom stereocenters. The van der Waals surface area contributed by atoms with E-state index >= 15 is 0 Å². The number of sulfonamides is 1. The van der Waals surface area contributed by atoms with E-state index in [1.807, 2.05) is 38.1 Å². The van der Waals surface area contributed by atoms with Crippen LogP contribution in [0.3, 0.4) is 0 Å². The molecule has 3 N–H and O–H groups in total. The number of amides is 4. The number of unbranched alkanes of at least 4 members (excludes halogenated alkanes) is 2. The standard InChI is InChI=1S/C35H47N5O7S2/c1-6-8-9-10-15-40(5)32(42)28-18-24(47-34(44)37-29-16-21(3)11-14-26(29)31-36-22(4)20-48-31)17-27(28)30(41)38-35(19-23(35)7-2)33(43)39-49(45,46)25-12-13-25/h6-7,11,14,16,22-25,27-28H,1-2,8-10,12-13,15,17-20H2,3-5H3,(H,37,44)(H,38,41)(H,39,43)/t22?,23-,24-,27-,28-,35-/m1/s1. The van der Waals surface area contributed by atoms with Crippen LogP contribution in [-0.4, -0.2) is 84.5 Å². The Bertz CT molecular complexity index is 1640. The zero-order valence-corrected chi connectivity index (χ0v) is 30.0. The number of nitrogens with zero attached hydrogens (tertiary/aromatic N) is 2. The van der Waals surface area contributed by atoms with Gasteiger partial charge in [-0.25, -0.2) is 13.2 Å². The van der Waals surface area contributed by atoms with E-state index in [-0.39, 0.29) is 31.2 Å². The highest BCUT2D eigenvalue weighted by atomic mass is 32.2. The molecule has 1 heterocycles. The van der Waals surface area contributed by atoms with Crippen LogP contribution in [0.15, 0.2) is 48.5 Å². The first-order valence-corrected chi connectivity index (χ1v) is 19.5. The Morgan fingerprint density at radius 2 is 1.88 bits per heavy atom. The van der Waals surface area contributed by atoms with Gasteiger partial charge in [0.05, 0.1) is 28.8 Å². The molecule has 0 saturated heterocycles. The molecule has 12 nitrogen and oxygen atoms in total. The van der Waals surface area contributed by atoms with E-state index in [0.29, 0.717) is 25.1 Å². The lowest BCUT2D eigenvalue weighted by molar-refractivity contribution is -0.140. The van der Waals surface area contributed by atoms with Gasteiger partial charge in [-0.05, 0) is 82.9 Å². The van der Waals surface area contributed by atoms with E-state index in [0.717, 1.165) is 41.2 Å². The van der Waals surface area contributed by atoms with Gasteiger partial charge < -0.3 is 15.0 Å². The van der Waals surface area contributed by atoms with Crippen molar-refractivity contribution in [1.82, 2.24) is 14.9 Å². The van der Waals surface area contributed by atoms with Gasteiger partial charge in [0.15, 0.2) is 0 Å². The molecule has 3 fully saturated rings. The second-order valence-corrected chi connectivity index (χ2v) is 16.7. The third kappa shape index (κ3) is 8.57. The Morgan fingerprint density at radius 3 is 2.51 bits per heavy atom. The van der Waals surface area contributed by atoms with Gasteiger partial charge in [0.25, 0.3) is 5.91 Å². The SMILES string of the molecule is C=CCCCCN(C)C(=O)[C@@H]1C[C@H](OC(=O)Nc2cc(C)ccc2C2=NC(C)CS2)C[C@H]1C(=O)N[C@]1(C(=O)NS(=O)(=O)C2CC2)C[C@H]1C=C. The Labute approximate surface area is 293 Å². The van der Waals surface area contributed by atoms with E-state index in [4.69, 9.17) is 4.74 Å². The number of hydrogen-bond acceptors (Lipinski definition) is 9. The molecule has 5 rings (SSSR count). The van der Waals surface area contributed by atoms with Crippen molar-refractivity contribution in [3.63, 3.8) is 0 Å². The maximum absolute atomic E-state index is 14.0. The van der Waals surface area contributed by atoms with Crippen LogP contribution in [0.4, 0.5) is 10.5 Å². The largest absolute Gasteiger partial charge is 0.446 e. The molecule has 4 amide bonds. The first kappa shape index (κ1) is 36.6. The highest BCUT2D eigenvalue weighted by molar-refractivity contribution is 8.14. The summed E-state index contributed by atoms with van der Waals surface area (Å²) in [6.45, 7) is 11.9. The zero-order valence-electron chi connectivity index (χ0n) is 28.4. The Hall–Kier alpha value is -3.65. The van der Waals surface area contributed by atoms with Crippen LogP contribution in [0.5, 0.6) is 0 Å². The minimum absolute atomic E-state index is 0.0531. The molecule has 0 radical (unpaired) electrons. The van der Waals surface area contributed by atoms with Crippen molar-refractivity contribution < 1.29 is 32.3 Å². The molecule has 4 aliphatic rings. The number of carbonyl (C=O) groups is 4. The molecular formula is C35H47N5O7S2. The van der Waals surface area contributed by atoms with Crippen molar-refractivity contribution in [3.05, 3.63) is 54.6 Å². The molecule has 3 aliphatic carbocycles. The number of aryl methyl sites for hydroxylation is 1. The minimum Gasteiger partial charge on any atom is -0.446 e. The fourth-order valence-electron chi connectivity index (χ4n) is 6.57. The van der Waals surface area contributed by atoms with Crippen molar-refractivity contribution in [2.24, 2.45) is 22.7 Å². The maximum atomic E-state index is 14.0. The monoisotopic (exact) mass is 713 g/mol. The van der Waals surface area contributed by atoms with Gasteiger partial charge in [0.2, 0.25) is 21.8 Å². The third-order valence-corrected chi connectivity index (χ3v) is 12.7. The van der Waals surface area contributed by atoms with Gasteiger partial charge in [-0.1, -0.05) is 18.2 Å². The van der Waals surface area contributed by atoms with E-state index in [9.17, 15) is 27.6 Å². The maximum Gasteiger partial charge on any atom is 0.411 e. The number of anilines is 1. The van der Waals surface area contributed by atoms with E-state index in [2.05, 4.69) is 33.5 Å². The average molecular weight is 714 g/mol. The number of nitrogens with one attached hydrogen (secondary N) is 3. The van der Waals surface area contributed by atoms with Gasteiger partial charge in [0, 0.05) is 30.8 Å². The summed E-state index contributed by atoms with van der Waals surface area (Å²) in [7, 11) is -2.17. The summed E-state index contributed by atoms with van der Waals surface area (Å²) in [5, 5.41) is 5.87. The fraction of sp³-hybridized carbons (Fsp3) is 0.571. The van der Waals surface area contributed by atoms with Crippen LogP contribution in [0.25, 0.3) is 0 Å². The molecular weight excluding hydrogens is 667 g/mol. The molecule has 49 heavy (non-hydrogen) atoms. The number of benzene rings is 1. The van der Waals surface area contributed by atoms with Crippen LogP contribution in [0.1, 0.15) is 69.4 Å². The second kappa shape index (κ2) is 15.1. The van der Waals surface area contributed by atoms with Crippen LogP contribution in [0, 0.1) is 24.7 Å². The summed E-state index contributed by atoms with van der Waals surface area (Å²) in [6, 6.07) is 5.89. The molecule has 3 saturated carbocycles. The van der Waals surface area contributed by atoms with Crippen molar-refractivity contribution in [2.75, 3.05) is 24.7 Å². The zero-order chi connectivity index (χ0) is 35.5. The molecule has 0 bridgehead atoms. The fourth-order valence-corrected chi connectivity index (χ4v) is 9.00. The van der Waals surface area contributed by atoms with Crippen LogP contribution in [0.2, 0.25) is 0 Å². The van der Waals surface area contributed by atoms with Gasteiger partial charge in [0.1, 0.15) is 16.7 Å². The summed E-state index contributed by atoms with van der Waals surface area (Å²) < 4.78 is 33.2. The first-order valence-electron chi connectivity index (χ1n) is 16.9. The lowest BCUT2D eigenvalue weighted by atomic mass is 9.93. The lowest BCUT2D eigenvalue weighted by Crippen LogP contribution is -2.54. The van der Waals surface area contributed by atoms with Crippen molar-refractivity contribution >= 4 is 56.3 Å². The van der Waals surface area contributed by atoms with Crippen LogP contribution < -0.4 is 15.4 Å². The summed E-state index contributed by atoms with van der Waals surface area (Å²) in [4.78, 5) is 60.6. The second-order valence-electron chi connectivity index (χ2n) is 13.7. The normalized spacial score (nSPS) is 27.4. The molecule has 14 heteroatoms. The summed E-state index contributed by atoms with van der Waals surface area (Å²) in [5.41, 5.74) is 0.806. The van der Waals surface area contributed by atoms with Gasteiger partial charge in [-0.15, -0.1) is 24.9 Å².